The first-order chi connectivity index (χ1) is 7.99. The Morgan fingerprint density at radius 2 is 2.00 bits per heavy atom. The number of benzene rings is 1. The summed E-state index contributed by atoms with van der Waals surface area (Å²) in [4.78, 5) is 15.7. The van der Waals surface area contributed by atoms with Gasteiger partial charge in [-0.15, -0.1) is 0 Å². The number of anilines is 1. The molecule has 1 N–H and O–H groups in total. The van der Waals surface area contributed by atoms with E-state index in [4.69, 9.17) is 11.6 Å². The SMILES string of the molecule is CC(C)/C(Cl)=N\OC(=O)Nc1ccc(F)cc1. The predicted octanol–water partition coefficient (Wildman–Crippen LogP) is 3.58. The summed E-state index contributed by atoms with van der Waals surface area (Å²) in [6.45, 7) is 3.63. The normalized spacial score (nSPS) is 11.5. The zero-order chi connectivity index (χ0) is 12.8. The predicted molar refractivity (Wildman–Crippen MR) is 64.6 cm³/mol. The highest BCUT2D eigenvalue weighted by molar-refractivity contribution is 6.65. The lowest BCUT2D eigenvalue weighted by Crippen LogP contribution is -2.12. The lowest BCUT2D eigenvalue weighted by molar-refractivity contribution is 0.166. The van der Waals surface area contributed by atoms with Gasteiger partial charge >= 0.3 is 6.09 Å². The van der Waals surface area contributed by atoms with Crippen LogP contribution in [0.4, 0.5) is 14.9 Å². The molecule has 17 heavy (non-hydrogen) atoms. The van der Waals surface area contributed by atoms with Crippen molar-refractivity contribution in [1.82, 2.24) is 0 Å². The fraction of sp³-hybridized carbons (Fsp3) is 0.273. The van der Waals surface area contributed by atoms with Crippen molar-refractivity contribution in [2.24, 2.45) is 11.1 Å². The minimum atomic E-state index is -0.782. The molecule has 6 heteroatoms. The summed E-state index contributed by atoms with van der Waals surface area (Å²) in [5.41, 5.74) is 0.410. The first-order valence-corrected chi connectivity index (χ1v) is 5.34. The van der Waals surface area contributed by atoms with Crippen molar-refractivity contribution in [3.8, 4) is 0 Å². The number of hydrogen-bond acceptors (Lipinski definition) is 3. The van der Waals surface area contributed by atoms with E-state index in [1.54, 1.807) is 0 Å². The molecule has 1 amide bonds. The van der Waals surface area contributed by atoms with Crippen molar-refractivity contribution in [2.45, 2.75) is 13.8 Å². The molecular formula is C11H12ClFN2O2. The number of amides is 1. The zero-order valence-electron chi connectivity index (χ0n) is 9.41. The molecule has 0 fully saturated rings. The lowest BCUT2D eigenvalue weighted by atomic mass is 10.2. The Bertz CT molecular complexity index is 418. The van der Waals surface area contributed by atoms with E-state index in [0.717, 1.165) is 0 Å². The van der Waals surface area contributed by atoms with Gasteiger partial charge in [0.15, 0.2) is 0 Å². The van der Waals surface area contributed by atoms with Crippen LogP contribution >= 0.6 is 11.6 Å². The van der Waals surface area contributed by atoms with Gasteiger partial charge in [-0.25, -0.2) is 9.18 Å². The molecule has 0 radical (unpaired) electrons. The molecule has 1 aromatic carbocycles. The first-order valence-electron chi connectivity index (χ1n) is 4.96. The molecule has 0 unspecified atom stereocenters. The van der Waals surface area contributed by atoms with Crippen LogP contribution in [-0.4, -0.2) is 11.3 Å². The van der Waals surface area contributed by atoms with Crippen LogP contribution in [0.5, 0.6) is 0 Å². The summed E-state index contributed by atoms with van der Waals surface area (Å²) in [6.07, 6.45) is -0.782. The van der Waals surface area contributed by atoms with Crippen molar-refractivity contribution in [3.05, 3.63) is 30.1 Å². The number of carbonyl (C=O) groups excluding carboxylic acids is 1. The molecule has 0 aliphatic rings. The van der Waals surface area contributed by atoms with Crippen LogP contribution in [-0.2, 0) is 4.84 Å². The van der Waals surface area contributed by atoms with Gasteiger partial charge in [0.25, 0.3) is 0 Å². The van der Waals surface area contributed by atoms with Gasteiger partial charge in [0.05, 0.1) is 0 Å². The number of nitrogens with one attached hydrogen (secondary N) is 1. The largest absolute Gasteiger partial charge is 0.437 e. The van der Waals surface area contributed by atoms with Crippen molar-refractivity contribution in [2.75, 3.05) is 5.32 Å². The average Bonchev–Trinajstić information content (AvgIpc) is 2.29. The van der Waals surface area contributed by atoms with Gasteiger partial charge in [-0.2, -0.15) is 0 Å². The third-order valence-corrected chi connectivity index (χ3v) is 2.29. The summed E-state index contributed by atoms with van der Waals surface area (Å²) in [5, 5.41) is 6.00. The minimum absolute atomic E-state index is 0.0183. The van der Waals surface area contributed by atoms with Crippen molar-refractivity contribution >= 4 is 28.6 Å². The average molecular weight is 259 g/mol. The van der Waals surface area contributed by atoms with E-state index in [-0.39, 0.29) is 16.9 Å². The maximum atomic E-state index is 12.6. The fourth-order valence-corrected chi connectivity index (χ4v) is 0.899. The van der Waals surface area contributed by atoms with Gasteiger partial charge in [0.2, 0.25) is 0 Å². The second-order valence-corrected chi connectivity index (χ2v) is 3.97. The monoisotopic (exact) mass is 258 g/mol. The van der Waals surface area contributed by atoms with Crippen LogP contribution < -0.4 is 5.32 Å². The van der Waals surface area contributed by atoms with Crippen molar-refractivity contribution in [3.63, 3.8) is 0 Å². The van der Waals surface area contributed by atoms with E-state index in [9.17, 15) is 9.18 Å². The Labute approximate surface area is 103 Å². The summed E-state index contributed by atoms with van der Waals surface area (Å²) in [6, 6.07) is 5.26. The van der Waals surface area contributed by atoms with E-state index in [0.29, 0.717) is 5.69 Å². The van der Waals surface area contributed by atoms with Crippen LogP contribution in [0.2, 0.25) is 0 Å². The van der Waals surface area contributed by atoms with Crippen LogP contribution in [0, 0.1) is 11.7 Å². The number of oxime groups is 1. The van der Waals surface area contributed by atoms with Crippen LogP contribution in [0.25, 0.3) is 0 Å². The van der Waals surface area contributed by atoms with Crippen LogP contribution in [0.1, 0.15) is 13.8 Å². The number of rotatable bonds is 3. The van der Waals surface area contributed by atoms with E-state index in [1.165, 1.54) is 24.3 Å². The molecule has 0 aliphatic carbocycles. The number of hydrogen-bond donors (Lipinski definition) is 1. The van der Waals surface area contributed by atoms with Gasteiger partial charge < -0.3 is 0 Å². The molecule has 0 bridgehead atoms. The molecule has 0 saturated carbocycles. The number of carbonyl (C=O) groups is 1. The lowest BCUT2D eigenvalue weighted by Gasteiger charge is -2.03. The standard InChI is InChI=1S/C11H12ClFN2O2/c1-7(2)10(12)15-17-11(16)14-9-5-3-8(13)4-6-9/h3-7H,1-2H3,(H,14,16)/b15-10+. The first kappa shape index (κ1) is 13.4. The van der Waals surface area contributed by atoms with Gasteiger partial charge in [-0.05, 0) is 24.3 Å². The molecule has 1 rings (SSSR count). The molecule has 0 atom stereocenters. The highest BCUT2D eigenvalue weighted by atomic mass is 35.5. The van der Waals surface area contributed by atoms with Crippen LogP contribution in [0.3, 0.4) is 0 Å². The van der Waals surface area contributed by atoms with E-state index < -0.39 is 6.09 Å². The quantitative estimate of drug-likeness (QED) is 0.512. The second-order valence-electron chi connectivity index (χ2n) is 3.58. The molecule has 0 spiro atoms. The smallest absolute Gasteiger partial charge is 0.297 e. The number of halogens is 2. The van der Waals surface area contributed by atoms with E-state index in [1.807, 2.05) is 13.8 Å². The molecule has 0 aliphatic heterocycles. The van der Waals surface area contributed by atoms with E-state index in [2.05, 4.69) is 15.3 Å². The highest BCUT2D eigenvalue weighted by Crippen LogP contribution is 2.09. The molecule has 92 valence electrons. The molecular weight excluding hydrogens is 247 g/mol. The Kier molecular flexibility index (Phi) is 4.90. The van der Waals surface area contributed by atoms with Crippen molar-refractivity contribution < 1.29 is 14.0 Å². The van der Waals surface area contributed by atoms with Crippen molar-refractivity contribution in [1.29, 1.82) is 0 Å². The molecule has 0 heterocycles. The Hall–Kier alpha value is -1.62. The Morgan fingerprint density at radius 1 is 1.41 bits per heavy atom. The maximum Gasteiger partial charge on any atom is 0.437 e. The minimum Gasteiger partial charge on any atom is -0.297 e. The van der Waals surface area contributed by atoms with E-state index >= 15 is 0 Å². The third-order valence-electron chi connectivity index (χ3n) is 1.78. The Balaban J connectivity index is 2.50. The highest BCUT2D eigenvalue weighted by Gasteiger charge is 2.06. The van der Waals surface area contributed by atoms with Crippen LogP contribution in [0.15, 0.2) is 29.4 Å². The fourth-order valence-electron chi connectivity index (χ4n) is 0.864. The van der Waals surface area contributed by atoms with Gasteiger partial charge in [0.1, 0.15) is 11.0 Å². The topological polar surface area (TPSA) is 50.7 Å². The Morgan fingerprint density at radius 3 is 2.53 bits per heavy atom. The molecule has 0 aromatic heterocycles. The molecule has 4 nitrogen and oxygen atoms in total. The third kappa shape index (κ3) is 4.82. The van der Waals surface area contributed by atoms with Gasteiger partial charge in [0, 0.05) is 11.6 Å². The maximum absolute atomic E-state index is 12.6. The van der Waals surface area contributed by atoms with Gasteiger partial charge in [-0.1, -0.05) is 30.6 Å². The number of nitrogens with zero attached hydrogens (tertiary/aromatic N) is 1. The molecule has 0 saturated heterocycles. The second kappa shape index (κ2) is 6.20. The summed E-state index contributed by atoms with van der Waals surface area (Å²) >= 11 is 5.68. The zero-order valence-corrected chi connectivity index (χ0v) is 10.2. The van der Waals surface area contributed by atoms with Gasteiger partial charge in [-0.3, -0.25) is 10.2 Å². The summed E-state index contributed by atoms with van der Waals surface area (Å²) < 4.78 is 12.6. The summed E-state index contributed by atoms with van der Waals surface area (Å²) in [5.74, 6) is -0.403. The molecule has 1 aromatic rings. The summed E-state index contributed by atoms with van der Waals surface area (Å²) in [7, 11) is 0.